The summed E-state index contributed by atoms with van der Waals surface area (Å²) in [5, 5.41) is 3.20. The van der Waals surface area contributed by atoms with Gasteiger partial charge in [-0.1, -0.05) is 27.7 Å². The minimum absolute atomic E-state index is 0.179. The lowest BCUT2D eigenvalue weighted by Crippen LogP contribution is -2.45. The summed E-state index contributed by atoms with van der Waals surface area (Å²) in [6.07, 6.45) is 2.30. The van der Waals surface area contributed by atoms with E-state index in [1.165, 1.54) is 6.42 Å². The van der Waals surface area contributed by atoms with Crippen LogP contribution in [-0.4, -0.2) is 18.5 Å². The number of carbonyl (C=O) groups is 1. The van der Waals surface area contributed by atoms with Crippen LogP contribution >= 0.6 is 0 Å². The van der Waals surface area contributed by atoms with Gasteiger partial charge in [-0.25, -0.2) is 0 Å². The summed E-state index contributed by atoms with van der Waals surface area (Å²) in [6.45, 7) is 9.29. The van der Waals surface area contributed by atoms with Crippen LogP contribution in [0.1, 0.15) is 40.5 Å². The van der Waals surface area contributed by atoms with E-state index in [4.69, 9.17) is 5.73 Å². The topological polar surface area (TPSA) is 55.1 Å². The molecule has 0 fully saturated rings. The second kappa shape index (κ2) is 6.82. The highest BCUT2D eigenvalue weighted by atomic mass is 16.1. The summed E-state index contributed by atoms with van der Waals surface area (Å²) in [5.41, 5.74) is 5.28. The number of rotatable bonds is 7. The summed E-state index contributed by atoms with van der Waals surface area (Å²) < 4.78 is 0. The molecule has 0 bridgehead atoms. The maximum absolute atomic E-state index is 11.0. The van der Waals surface area contributed by atoms with Gasteiger partial charge in [0.25, 0.3) is 0 Å². The molecule has 0 aromatic carbocycles. The number of nitrogens with one attached hydrogen (secondary N) is 1. The molecule has 1 atom stereocenters. The van der Waals surface area contributed by atoms with Crippen LogP contribution in [0.25, 0.3) is 0 Å². The van der Waals surface area contributed by atoms with Crippen LogP contribution in [0, 0.1) is 11.8 Å². The predicted molar refractivity (Wildman–Crippen MR) is 59.9 cm³/mol. The van der Waals surface area contributed by atoms with E-state index in [1.54, 1.807) is 0 Å². The Hall–Kier alpha value is -0.570. The Morgan fingerprint density at radius 2 is 1.86 bits per heavy atom. The standard InChI is InChI=1S/C11H24N2O/c1-8(2)6-5-7-13-10(9(3)4)11(12)14/h8-10,13H,5-7H2,1-4H3,(H2,12,14). The Morgan fingerprint density at radius 3 is 2.21 bits per heavy atom. The van der Waals surface area contributed by atoms with E-state index in [0.29, 0.717) is 0 Å². The maximum Gasteiger partial charge on any atom is 0.234 e. The minimum Gasteiger partial charge on any atom is -0.368 e. The molecule has 0 saturated carbocycles. The molecule has 0 aliphatic carbocycles. The molecule has 0 aliphatic heterocycles. The predicted octanol–water partition coefficient (Wildman–Crippen LogP) is 1.52. The summed E-state index contributed by atoms with van der Waals surface area (Å²) in [5.74, 6) is 0.749. The van der Waals surface area contributed by atoms with Crippen molar-refractivity contribution in [3.05, 3.63) is 0 Å². The Balaban J connectivity index is 3.67. The first-order valence-electron chi connectivity index (χ1n) is 5.47. The molecule has 3 N–H and O–H groups in total. The number of hydrogen-bond donors (Lipinski definition) is 2. The van der Waals surface area contributed by atoms with Gasteiger partial charge in [0.2, 0.25) is 5.91 Å². The quantitative estimate of drug-likeness (QED) is 0.612. The molecule has 3 nitrogen and oxygen atoms in total. The number of carbonyl (C=O) groups excluding carboxylic acids is 1. The molecule has 0 spiro atoms. The molecule has 1 unspecified atom stereocenters. The van der Waals surface area contributed by atoms with Gasteiger partial charge in [0.1, 0.15) is 0 Å². The highest BCUT2D eigenvalue weighted by Gasteiger charge is 2.17. The third-order valence-corrected chi connectivity index (χ3v) is 2.30. The number of primary amides is 1. The SMILES string of the molecule is CC(C)CCCNC(C(N)=O)C(C)C. The van der Waals surface area contributed by atoms with E-state index in [9.17, 15) is 4.79 Å². The molecule has 0 rings (SSSR count). The van der Waals surface area contributed by atoms with Crippen molar-refractivity contribution in [1.29, 1.82) is 0 Å². The van der Waals surface area contributed by atoms with Crippen molar-refractivity contribution in [2.45, 2.75) is 46.6 Å². The zero-order chi connectivity index (χ0) is 11.1. The molecule has 0 aliphatic rings. The zero-order valence-corrected chi connectivity index (χ0v) is 9.84. The number of amides is 1. The molecular formula is C11H24N2O. The fourth-order valence-electron chi connectivity index (χ4n) is 1.43. The smallest absolute Gasteiger partial charge is 0.234 e. The van der Waals surface area contributed by atoms with E-state index in [1.807, 2.05) is 13.8 Å². The van der Waals surface area contributed by atoms with Gasteiger partial charge >= 0.3 is 0 Å². The third kappa shape index (κ3) is 5.97. The van der Waals surface area contributed by atoms with E-state index in [-0.39, 0.29) is 17.9 Å². The van der Waals surface area contributed by atoms with Gasteiger partial charge < -0.3 is 11.1 Å². The number of nitrogens with two attached hydrogens (primary N) is 1. The Bertz CT molecular complexity index is 167. The molecular weight excluding hydrogens is 176 g/mol. The molecule has 0 saturated heterocycles. The van der Waals surface area contributed by atoms with Crippen molar-refractivity contribution in [3.63, 3.8) is 0 Å². The highest BCUT2D eigenvalue weighted by Crippen LogP contribution is 2.04. The van der Waals surface area contributed by atoms with E-state index in [0.717, 1.165) is 18.9 Å². The van der Waals surface area contributed by atoms with Crippen molar-refractivity contribution >= 4 is 5.91 Å². The summed E-state index contributed by atoms with van der Waals surface area (Å²) in [6, 6.07) is -0.179. The van der Waals surface area contributed by atoms with Gasteiger partial charge in [-0.2, -0.15) is 0 Å². The Kier molecular flexibility index (Phi) is 6.54. The zero-order valence-electron chi connectivity index (χ0n) is 9.84. The van der Waals surface area contributed by atoms with Gasteiger partial charge in [0.05, 0.1) is 6.04 Å². The minimum atomic E-state index is -0.246. The van der Waals surface area contributed by atoms with Gasteiger partial charge in [0.15, 0.2) is 0 Å². The van der Waals surface area contributed by atoms with Crippen LogP contribution in [0.3, 0.4) is 0 Å². The van der Waals surface area contributed by atoms with Gasteiger partial charge in [0, 0.05) is 0 Å². The molecule has 84 valence electrons. The average molecular weight is 200 g/mol. The maximum atomic E-state index is 11.0. The molecule has 0 heterocycles. The van der Waals surface area contributed by atoms with Crippen LogP contribution in [0.4, 0.5) is 0 Å². The van der Waals surface area contributed by atoms with Gasteiger partial charge in [-0.15, -0.1) is 0 Å². The summed E-state index contributed by atoms with van der Waals surface area (Å²) in [7, 11) is 0. The van der Waals surface area contributed by atoms with E-state index >= 15 is 0 Å². The van der Waals surface area contributed by atoms with Gasteiger partial charge in [-0.05, 0) is 31.2 Å². The first-order valence-corrected chi connectivity index (χ1v) is 5.47. The second-order valence-electron chi connectivity index (χ2n) is 4.61. The fourth-order valence-corrected chi connectivity index (χ4v) is 1.43. The van der Waals surface area contributed by atoms with E-state index in [2.05, 4.69) is 19.2 Å². The van der Waals surface area contributed by atoms with Crippen molar-refractivity contribution in [1.82, 2.24) is 5.32 Å². The van der Waals surface area contributed by atoms with Crippen LogP contribution in [-0.2, 0) is 4.79 Å². The largest absolute Gasteiger partial charge is 0.368 e. The van der Waals surface area contributed by atoms with Crippen LogP contribution in [0.2, 0.25) is 0 Å². The first kappa shape index (κ1) is 13.4. The first-order chi connectivity index (χ1) is 6.45. The van der Waals surface area contributed by atoms with Crippen molar-refractivity contribution in [2.24, 2.45) is 17.6 Å². The molecule has 1 amide bonds. The fraction of sp³-hybridized carbons (Fsp3) is 0.909. The molecule has 3 heteroatoms. The molecule has 0 radical (unpaired) electrons. The Morgan fingerprint density at radius 1 is 1.29 bits per heavy atom. The highest BCUT2D eigenvalue weighted by molar-refractivity contribution is 5.80. The van der Waals surface area contributed by atoms with Crippen molar-refractivity contribution in [2.75, 3.05) is 6.54 Å². The molecule has 0 aromatic rings. The van der Waals surface area contributed by atoms with Crippen molar-refractivity contribution in [3.8, 4) is 0 Å². The summed E-state index contributed by atoms with van der Waals surface area (Å²) >= 11 is 0. The summed E-state index contributed by atoms with van der Waals surface area (Å²) in [4.78, 5) is 11.0. The van der Waals surface area contributed by atoms with Gasteiger partial charge in [-0.3, -0.25) is 4.79 Å². The second-order valence-corrected chi connectivity index (χ2v) is 4.61. The lowest BCUT2D eigenvalue weighted by atomic mass is 10.0. The van der Waals surface area contributed by atoms with Crippen LogP contribution in [0.5, 0.6) is 0 Å². The van der Waals surface area contributed by atoms with Crippen LogP contribution in [0.15, 0.2) is 0 Å². The van der Waals surface area contributed by atoms with Crippen LogP contribution < -0.4 is 11.1 Å². The molecule has 0 aromatic heterocycles. The molecule has 14 heavy (non-hydrogen) atoms. The van der Waals surface area contributed by atoms with E-state index < -0.39 is 0 Å². The monoisotopic (exact) mass is 200 g/mol. The Labute approximate surface area is 87.4 Å². The third-order valence-electron chi connectivity index (χ3n) is 2.30. The number of hydrogen-bond acceptors (Lipinski definition) is 2. The lowest BCUT2D eigenvalue weighted by Gasteiger charge is -2.19. The van der Waals surface area contributed by atoms with Crippen molar-refractivity contribution < 1.29 is 4.79 Å². The normalized spacial score (nSPS) is 13.6. The lowest BCUT2D eigenvalue weighted by molar-refractivity contribution is -0.121. The average Bonchev–Trinajstić information content (AvgIpc) is 2.01.